The average molecular weight is 315 g/mol. The standard InChI is InChI=1S/C16H26N2O2.ClH/c1-4-16(5-2,12-17)15(19)18-10-13-8-6-7-9-14(13)11-20-3;/h6-9H,4-5,10-12,17H2,1-3H3,(H,18,19);1H. The van der Waals surface area contributed by atoms with E-state index in [4.69, 9.17) is 10.5 Å². The van der Waals surface area contributed by atoms with Gasteiger partial charge in [-0.15, -0.1) is 12.4 Å². The van der Waals surface area contributed by atoms with Crippen LogP contribution in [0.4, 0.5) is 0 Å². The molecule has 3 N–H and O–H groups in total. The fourth-order valence-corrected chi connectivity index (χ4v) is 2.34. The number of amides is 1. The number of hydrogen-bond donors (Lipinski definition) is 2. The lowest BCUT2D eigenvalue weighted by Gasteiger charge is -2.28. The van der Waals surface area contributed by atoms with Crippen molar-refractivity contribution < 1.29 is 9.53 Å². The molecule has 21 heavy (non-hydrogen) atoms. The van der Waals surface area contributed by atoms with Crippen LogP contribution in [0.1, 0.15) is 37.8 Å². The van der Waals surface area contributed by atoms with Gasteiger partial charge in [-0.2, -0.15) is 0 Å². The summed E-state index contributed by atoms with van der Waals surface area (Å²) in [5, 5.41) is 3.02. The minimum Gasteiger partial charge on any atom is -0.380 e. The Bertz CT molecular complexity index is 426. The zero-order valence-corrected chi connectivity index (χ0v) is 14.0. The third-order valence-electron chi connectivity index (χ3n) is 4.08. The topological polar surface area (TPSA) is 64.4 Å². The van der Waals surface area contributed by atoms with E-state index in [1.807, 2.05) is 38.1 Å². The summed E-state index contributed by atoms with van der Waals surface area (Å²) in [4.78, 5) is 12.4. The van der Waals surface area contributed by atoms with Gasteiger partial charge in [-0.1, -0.05) is 38.1 Å². The number of hydrogen-bond acceptors (Lipinski definition) is 3. The molecule has 0 saturated carbocycles. The zero-order chi connectivity index (χ0) is 15.0. The van der Waals surface area contributed by atoms with E-state index in [1.165, 1.54) is 0 Å². The molecule has 120 valence electrons. The monoisotopic (exact) mass is 314 g/mol. The summed E-state index contributed by atoms with van der Waals surface area (Å²) in [6, 6.07) is 7.97. The minimum absolute atomic E-state index is 0. The van der Waals surface area contributed by atoms with Gasteiger partial charge >= 0.3 is 0 Å². The summed E-state index contributed by atoms with van der Waals surface area (Å²) in [5.74, 6) is 0.0391. The molecule has 0 heterocycles. The van der Waals surface area contributed by atoms with Crippen LogP contribution in [0.2, 0.25) is 0 Å². The van der Waals surface area contributed by atoms with E-state index in [1.54, 1.807) is 7.11 Å². The van der Waals surface area contributed by atoms with Crippen molar-refractivity contribution in [3.63, 3.8) is 0 Å². The van der Waals surface area contributed by atoms with Gasteiger partial charge < -0.3 is 15.8 Å². The first-order chi connectivity index (χ1) is 9.63. The molecule has 4 nitrogen and oxygen atoms in total. The predicted octanol–water partition coefficient (Wildman–Crippen LogP) is 2.64. The van der Waals surface area contributed by atoms with Crippen LogP contribution in [0.3, 0.4) is 0 Å². The summed E-state index contributed by atoms with van der Waals surface area (Å²) >= 11 is 0. The fraction of sp³-hybridized carbons (Fsp3) is 0.562. The number of nitrogens with two attached hydrogens (primary N) is 1. The van der Waals surface area contributed by atoms with Gasteiger partial charge in [0.25, 0.3) is 0 Å². The van der Waals surface area contributed by atoms with E-state index in [0.717, 1.165) is 24.0 Å². The van der Waals surface area contributed by atoms with Crippen molar-refractivity contribution in [2.24, 2.45) is 11.1 Å². The van der Waals surface area contributed by atoms with Crippen LogP contribution in [0.5, 0.6) is 0 Å². The van der Waals surface area contributed by atoms with Crippen LogP contribution in [0, 0.1) is 5.41 Å². The summed E-state index contributed by atoms with van der Waals surface area (Å²) in [5.41, 5.74) is 7.53. The maximum atomic E-state index is 12.4. The SMILES string of the molecule is CCC(CC)(CN)C(=O)NCc1ccccc1COC.Cl. The maximum Gasteiger partial charge on any atom is 0.227 e. The molecule has 0 aliphatic carbocycles. The lowest BCUT2D eigenvalue weighted by atomic mass is 9.81. The van der Waals surface area contributed by atoms with Crippen LogP contribution in [-0.4, -0.2) is 19.6 Å². The van der Waals surface area contributed by atoms with Gasteiger partial charge in [0.2, 0.25) is 5.91 Å². The van der Waals surface area contributed by atoms with E-state index in [0.29, 0.717) is 19.7 Å². The van der Waals surface area contributed by atoms with Gasteiger partial charge in [0.05, 0.1) is 12.0 Å². The molecule has 0 bridgehead atoms. The second-order valence-electron chi connectivity index (χ2n) is 5.08. The molecule has 0 spiro atoms. The first-order valence-corrected chi connectivity index (χ1v) is 7.17. The van der Waals surface area contributed by atoms with Gasteiger partial charge in [0.1, 0.15) is 0 Å². The predicted molar refractivity (Wildman–Crippen MR) is 88.3 cm³/mol. The number of rotatable bonds is 8. The molecule has 0 aliphatic rings. The molecule has 0 aliphatic heterocycles. The smallest absolute Gasteiger partial charge is 0.227 e. The molecule has 0 fully saturated rings. The Kier molecular flexibility index (Phi) is 9.26. The third-order valence-corrected chi connectivity index (χ3v) is 4.08. The van der Waals surface area contributed by atoms with E-state index in [9.17, 15) is 4.79 Å². The van der Waals surface area contributed by atoms with Gasteiger partial charge in [0.15, 0.2) is 0 Å². The Morgan fingerprint density at radius 2 is 1.81 bits per heavy atom. The number of carbonyl (C=O) groups is 1. The molecular weight excluding hydrogens is 288 g/mol. The van der Waals surface area contributed by atoms with Crippen molar-refractivity contribution in [3.05, 3.63) is 35.4 Å². The molecule has 0 saturated heterocycles. The molecule has 1 amide bonds. The van der Waals surface area contributed by atoms with Crippen molar-refractivity contribution in [1.82, 2.24) is 5.32 Å². The molecule has 1 aromatic carbocycles. The molecular formula is C16H27ClN2O2. The first-order valence-electron chi connectivity index (χ1n) is 7.17. The van der Waals surface area contributed by atoms with Gasteiger partial charge in [-0.3, -0.25) is 4.79 Å². The highest BCUT2D eigenvalue weighted by atomic mass is 35.5. The molecule has 1 rings (SSSR count). The van der Waals surface area contributed by atoms with Gasteiger partial charge in [-0.05, 0) is 24.0 Å². The van der Waals surface area contributed by atoms with E-state index >= 15 is 0 Å². The average Bonchev–Trinajstić information content (AvgIpc) is 2.49. The lowest BCUT2D eigenvalue weighted by Crippen LogP contribution is -2.45. The number of ether oxygens (including phenoxy) is 1. The largest absolute Gasteiger partial charge is 0.380 e. The molecule has 0 radical (unpaired) electrons. The Morgan fingerprint density at radius 1 is 1.24 bits per heavy atom. The molecule has 5 heteroatoms. The molecule has 1 aromatic rings. The highest BCUT2D eigenvalue weighted by Crippen LogP contribution is 2.25. The van der Waals surface area contributed by atoms with Crippen LogP contribution >= 0.6 is 12.4 Å². The van der Waals surface area contributed by atoms with Crippen molar-refractivity contribution in [2.45, 2.75) is 39.8 Å². The summed E-state index contributed by atoms with van der Waals surface area (Å²) in [6.07, 6.45) is 1.51. The van der Waals surface area contributed by atoms with E-state index < -0.39 is 5.41 Å². The highest BCUT2D eigenvalue weighted by Gasteiger charge is 2.32. The van der Waals surface area contributed by atoms with Gasteiger partial charge in [0, 0.05) is 20.2 Å². The second kappa shape index (κ2) is 9.77. The van der Waals surface area contributed by atoms with Crippen molar-refractivity contribution in [1.29, 1.82) is 0 Å². The summed E-state index contributed by atoms with van der Waals surface area (Å²) in [6.45, 7) is 5.46. The Morgan fingerprint density at radius 3 is 2.29 bits per heavy atom. The van der Waals surface area contributed by atoms with Crippen molar-refractivity contribution >= 4 is 18.3 Å². The van der Waals surface area contributed by atoms with E-state index in [-0.39, 0.29) is 18.3 Å². The Hall–Kier alpha value is -1.10. The summed E-state index contributed by atoms with van der Waals surface area (Å²) < 4.78 is 5.17. The van der Waals surface area contributed by atoms with Gasteiger partial charge in [-0.25, -0.2) is 0 Å². The fourth-order valence-electron chi connectivity index (χ4n) is 2.34. The Labute approximate surface area is 133 Å². The first kappa shape index (κ1) is 19.9. The quantitative estimate of drug-likeness (QED) is 0.775. The molecule has 0 aromatic heterocycles. The normalized spacial score (nSPS) is 10.9. The summed E-state index contributed by atoms with van der Waals surface area (Å²) in [7, 11) is 1.67. The maximum absolute atomic E-state index is 12.4. The second-order valence-corrected chi connectivity index (χ2v) is 5.08. The molecule has 0 atom stereocenters. The minimum atomic E-state index is -0.448. The van der Waals surface area contributed by atoms with Crippen LogP contribution in [0.15, 0.2) is 24.3 Å². The number of nitrogens with one attached hydrogen (secondary N) is 1. The highest BCUT2D eigenvalue weighted by molar-refractivity contribution is 5.85. The number of methoxy groups -OCH3 is 1. The number of benzene rings is 1. The zero-order valence-electron chi connectivity index (χ0n) is 13.1. The van der Waals surface area contributed by atoms with E-state index in [2.05, 4.69) is 5.32 Å². The van der Waals surface area contributed by atoms with Crippen LogP contribution in [0.25, 0.3) is 0 Å². The number of carbonyl (C=O) groups excluding carboxylic acids is 1. The van der Waals surface area contributed by atoms with Crippen molar-refractivity contribution in [2.75, 3.05) is 13.7 Å². The Balaban J connectivity index is 0.00000400. The van der Waals surface area contributed by atoms with Crippen molar-refractivity contribution in [3.8, 4) is 0 Å². The number of halogens is 1. The molecule has 0 unspecified atom stereocenters. The van der Waals surface area contributed by atoms with Crippen LogP contribution in [-0.2, 0) is 22.7 Å². The lowest BCUT2D eigenvalue weighted by molar-refractivity contribution is -0.131. The third kappa shape index (κ3) is 4.99. The van der Waals surface area contributed by atoms with Crippen LogP contribution < -0.4 is 11.1 Å².